The number of benzene rings is 9. The Morgan fingerprint density at radius 1 is 0.364 bits per heavy atom. The smallest absolute Gasteiger partial charge is 0.138 e. The normalized spacial score (nSPS) is 11.6. The quantitative estimate of drug-likeness (QED) is 0.172. The lowest BCUT2D eigenvalue weighted by atomic mass is 9.94. The molecule has 2 heterocycles. The molecule has 0 bridgehead atoms. The third kappa shape index (κ3) is 5.05. The van der Waals surface area contributed by atoms with E-state index >= 15 is 0 Å². The van der Waals surface area contributed by atoms with Crippen LogP contribution in [0.15, 0.2) is 211 Å². The van der Waals surface area contributed by atoms with Crippen LogP contribution in [0.1, 0.15) is 0 Å². The van der Waals surface area contributed by atoms with Crippen molar-refractivity contribution in [1.29, 1.82) is 0 Å². The molecule has 0 aliphatic rings. The van der Waals surface area contributed by atoms with Crippen molar-refractivity contribution in [3.63, 3.8) is 0 Å². The van der Waals surface area contributed by atoms with Crippen molar-refractivity contribution >= 4 is 71.6 Å². The molecule has 0 aliphatic heterocycles. The van der Waals surface area contributed by atoms with Gasteiger partial charge in [0.1, 0.15) is 11.2 Å². The molecule has 258 valence electrons. The zero-order chi connectivity index (χ0) is 36.3. The van der Waals surface area contributed by atoms with Crippen LogP contribution >= 0.6 is 0 Å². The van der Waals surface area contributed by atoms with Crippen molar-refractivity contribution in [3.05, 3.63) is 206 Å². The van der Waals surface area contributed by atoms with E-state index in [2.05, 4.69) is 216 Å². The van der Waals surface area contributed by atoms with Gasteiger partial charge in [0.05, 0.1) is 16.7 Å². The van der Waals surface area contributed by atoms with Gasteiger partial charge in [0, 0.05) is 55.6 Å². The number of rotatable bonds is 6. The number of hydrogen-bond acceptors (Lipinski definition) is 2. The standard InChI is InChI=1S/C52H34N2O/c1-4-15-35(16-5-1)36-27-29-40(30-28-36)53(39-21-8-3-9-22-39)41-31-32-46-44(33-41)51-47(54(46)45-25-14-20-37-17-10-11-23-42(37)45)34-49-52(43-24-12-13-26-48(43)55-49)50(51)38-18-6-2-7-19-38/h1-34H. The SMILES string of the molecule is c1ccc(-c2ccc(N(c3ccccc3)c3ccc4c(c3)c3c(-c5ccccc5)c5c(cc3n4-c3cccc4ccccc34)oc3ccccc35)cc2)cc1. The van der Waals surface area contributed by atoms with Crippen LogP contribution in [0.5, 0.6) is 0 Å². The van der Waals surface area contributed by atoms with Gasteiger partial charge >= 0.3 is 0 Å². The third-order valence-electron chi connectivity index (χ3n) is 11.0. The molecule has 0 aliphatic carbocycles. The van der Waals surface area contributed by atoms with Crippen molar-refractivity contribution in [2.75, 3.05) is 4.90 Å². The molecular weight excluding hydrogens is 669 g/mol. The minimum absolute atomic E-state index is 0.876. The van der Waals surface area contributed by atoms with Gasteiger partial charge in [0.15, 0.2) is 0 Å². The van der Waals surface area contributed by atoms with E-state index in [1.807, 2.05) is 0 Å². The highest BCUT2D eigenvalue weighted by Gasteiger charge is 2.24. The Hall–Kier alpha value is -7.36. The van der Waals surface area contributed by atoms with Gasteiger partial charge in [-0.1, -0.05) is 146 Å². The van der Waals surface area contributed by atoms with Crippen LogP contribution in [0.25, 0.3) is 82.5 Å². The average molecular weight is 703 g/mol. The summed E-state index contributed by atoms with van der Waals surface area (Å²) in [4.78, 5) is 2.36. The molecule has 0 unspecified atom stereocenters. The molecule has 11 aromatic rings. The van der Waals surface area contributed by atoms with Crippen molar-refractivity contribution in [3.8, 4) is 27.9 Å². The van der Waals surface area contributed by atoms with Gasteiger partial charge in [-0.15, -0.1) is 0 Å². The van der Waals surface area contributed by atoms with E-state index in [1.165, 1.54) is 38.2 Å². The average Bonchev–Trinajstić information content (AvgIpc) is 3.79. The monoisotopic (exact) mass is 702 g/mol. The van der Waals surface area contributed by atoms with Crippen LogP contribution in [-0.4, -0.2) is 4.57 Å². The van der Waals surface area contributed by atoms with Gasteiger partial charge in [0.25, 0.3) is 0 Å². The Morgan fingerprint density at radius 2 is 0.964 bits per heavy atom. The first kappa shape index (κ1) is 31.2. The summed E-state index contributed by atoms with van der Waals surface area (Å²) in [5.41, 5.74) is 13.1. The summed E-state index contributed by atoms with van der Waals surface area (Å²) >= 11 is 0. The summed E-state index contributed by atoms with van der Waals surface area (Å²) in [6, 6.07) is 73.8. The Labute approximate surface area is 318 Å². The van der Waals surface area contributed by atoms with Crippen LogP contribution < -0.4 is 4.90 Å². The van der Waals surface area contributed by atoms with Crippen molar-refractivity contribution < 1.29 is 4.42 Å². The second kappa shape index (κ2) is 12.6. The molecule has 3 heteroatoms. The predicted molar refractivity (Wildman–Crippen MR) is 231 cm³/mol. The predicted octanol–water partition coefficient (Wildman–Crippen LogP) is 14.6. The van der Waals surface area contributed by atoms with Gasteiger partial charge in [-0.05, 0) is 76.7 Å². The zero-order valence-electron chi connectivity index (χ0n) is 29.9. The number of fused-ring (bicyclic) bond motifs is 7. The van der Waals surface area contributed by atoms with E-state index in [-0.39, 0.29) is 0 Å². The Morgan fingerprint density at radius 3 is 1.75 bits per heavy atom. The highest BCUT2D eigenvalue weighted by molar-refractivity contribution is 6.27. The minimum Gasteiger partial charge on any atom is -0.456 e. The largest absolute Gasteiger partial charge is 0.456 e. The van der Waals surface area contributed by atoms with E-state index in [9.17, 15) is 0 Å². The molecule has 0 atom stereocenters. The van der Waals surface area contributed by atoms with E-state index in [0.717, 1.165) is 61.3 Å². The van der Waals surface area contributed by atoms with Crippen molar-refractivity contribution in [2.45, 2.75) is 0 Å². The molecular formula is C52H34N2O. The molecule has 55 heavy (non-hydrogen) atoms. The van der Waals surface area contributed by atoms with Crippen LogP contribution in [0.3, 0.4) is 0 Å². The van der Waals surface area contributed by atoms with E-state index in [0.29, 0.717) is 0 Å². The lowest BCUT2D eigenvalue weighted by molar-refractivity contribution is 0.669. The maximum Gasteiger partial charge on any atom is 0.138 e. The fourth-order valence-corrected chi connectivity index (χ4v) is 8.52. The molecule has 0 fully saturated rings. The number of para-hydroxylation sites is 2. The molecule has 3 nitrogen and oxygen atoms in total. The second-order valence-corrected chi connectivity index (χ2v) is 14.1. The molecule has 0 radical (unpaired) electrons. The maximum atomic E-state index is 6.69. The second-order valence-electron chi connectivity index (χ2n) is 14.1. The molecule has 11 rings (SSSR count). The molecule has 0 saturated carbocycles. The summed E-state index contributed by atoms with van der Waals surface area (Å²) < 4.78 is 9.14. The molecule has 0 saturated heterocycles. The van der Waals surface area contributed by atoms with Gasteiger partial charge in [-0.25, -0.2) is 0 Å². The van der Waals surface area contributed by atoms with Gasteiger partial charge in [-0.3, -0.25) is 0 Å². The maximum absolute atomic E-state index is 6.69. The van der Waals surface area contributed by atoms with Crippen LogP contribution in [0.4, 0.5) is 17.1 Å². The zero-order valence-corrected chi connectivity index (χ0v) is 29.9. The van der Waals surface area contributed by atoms with E-state index in [1.54, 1.807) is 0 Å². The highest BCUT2D eigenvalue weighted by atomic mass is 16.3. The number of aromatic nitrogens is 1. The van der Waals surface area contributed by atoms with Crippen LogP contribution in [0.2, 0.25) is 0 Å². The summed E-state index contributed by atoms with van der Waals surface area (Å²) in [5.74, 6) is 0. The summed E-state index contributed by atoms with van der Waals surface area (Å²) in [6.07, 6.45) is 0. The number of nitrogens with zero attached hydrogens (tertiary/aromatic N) is 2. The van der Waals surface area contributed by atoms with Gasteiger partial charge < -0.3 is 13.9 Å². The van der Waals surface area contributed by atoms with Crippen LogP contribution in [0, 0.1) is 0 Å². The number of anilines is 3. The van der Waals surface area contributed by atoms with Crippen molar-refractivity contribution in [1.82, 2.24) is 4.57 Å². The molecule has 0 spiro atoms. The molecule has 0 amide bonds. The van der Waals surface area contributed by atoms with Crippen molar-refractivity contribution in [2.24, 2.45) is 0 Å². The highest BCUT2D eigenvalue weighted by Crippen LogP contribution is 2.48. The first-order chi connectivity index (χ1) is 27.3. The topological polar surface area (TPSA) is 21.3 Å². The summed E-state index contributed by atoms with van der Waals surface area (Å²) in [6.45, 7) is 0. The fourth-order valence-electron chi connectivity index (χ4n) is 8.52. The summed E-state index contributed by atoms with van der Waals surface area (Å²) in [7, 11) is 0. The van der Waals surface area contributed by atoms with Crippen LogP contribution in [-0.2, 0) is 0 Å². The van der Waals surface area contributed by atoms with E-state index < -0.39 is 0 Å². The number of furan rings is 1. The molecule has 0 N–H and O–H groups in total. The van der Waals surface area contributed by atoms with E-state index in [4.69, 9.17) is 4.42 Å². The Balaban J connectivity index is 1.25. The number of hydrogen-bond donors (Lipinski definition) is 0. The fraction of sp³-hybridized carbons (Fsp3) is 0. The Bertz CT molecular complexity index is 3170. The van der Waals surface area contributed by atoms with Gasteiger partial charge in [-0.2, -0.15) is 0 Å². The lowest BCUT2D eigenvalue weighted by Gasteiger charge is -2.26. The third-order valence-corrected chi connectivity index (χ3v) is 11.0. The Kier molecular flexibility index (Phi) is 7.17. The van der Waals surface area contributed by atoms with Gasteiger partial charge in [0.2, 0.25) is 0 Å². The lowest BCUT2D eigenvalue weighted by Crippen LogP contribution is -2.09. The summed E-state index contributed by atoms with van der Waals surface area (Å²) in [5, 5.41) is 7.02. The first-order valence-corrected chi connectivity index (χ1v) is 18.8. The molecule has 9 aromatic carbocycles. The first-order valence-electron chi connectivity index (χ1n) is 18.8. The minimum atomic E-state index is 0.876. The molecule has 2 aromatic heterocycles.